The van der Waals surface area contributed by atoms with Crippen molar-refractivity contribution in [2.75, 3.05) is 17.3 Å². The van der Waals surface area contributed by atoms with Gasteiger partial charge in [0.25, 0.3) is 5.91 Å². The van der Waals surface area contributed by atoms with Crippen LogP contribution in [0.2, 0.25) is 0 Å². The molecule has 146 valence electrons. The number of carboxylic acids is 1. The maximum Gasteiger partial charge on any atom is 0.335 e. The van der Waals surface area contributed by atoms with Gasteiger partial charge in [0.1, 0.15) is 0 Å². The molecule has 0 aliphatic carbocycles. The van der Waals surface area contributed by atoms with Crippen molar-refractivity contribution in [2.45, 2.75) is 6.42 Å². The van der Waals surface area contributed by atoms with Crippen molar-refractivity contribution in [3.8, 4) is 0 Å². The van der Waals surface area contributed by atoms with Crippen LogP contribution >= 0.6 is 0 Å². The standard InChI is InChI=1S/C23H20N2O4/c1-25(17-10-3-2-4-11-17)22(27)19-13-7-8-14-20(19)24-21(26)15-16-9-5-6-12-18(16)23(28)29/h2-14H,15H2,1H3,(H,24,26)(H,28,29). The highest BCUT2D eigenvalue weighted by molar-refractivity contribution is 6.11. The van der Waals surface area contributed by atoms with Crippen molar-refractivity contribution in [3.63, 3.8) is 0 Å². The molecule has 0 aromatic heterocycles. The van der Waals surface area contributed by atoms with Gasteiger partial charge >= 0.3 is 5.97 Å². The molecule has 0 spiro atoms. The molecule has 6 nitrogen and oxygen atoms in total. The lowest BCUT2D eigenvalue weighted by Gasteiger charge is -2.19. The zero-order chi connectivity index (χ0) is 20.8. The molecule has 3 aromatic carbocycles. The maximum atomic E-state index is 12.9. The molecule has 2 N–H and O–H groups in total. The van der Waals surface area contributed by atoms with Crippen LogP contribution in [-0.2, 0) is 11.2 Å². The van der Waals surface area contributed by atoms with E-state index in [0.717, 1.165) is 5.69 Å². The molecular weight excluding hydrogens is 368 g/mol. The number of rotatable bonds is 6. The highest BCUT2D eigenvalue weighted by atomic mass is 16.4. The second-order valence-electron chi connectivity index (χ2n) is 6.43. The number of anilines is 2. The molecule has 3 rings (SSSR count). The highest BCUT2D eigenvalue weighted by Gasteiger charge is 2.19. The topological polar surface area (TPSA) is 86.7 Å². The smallest absolute Gasteiger partial charge is 0.335 e. The molecule has 29 heavy (non-hydrogen) atoms. The minimum absolute atomic E-state index is 0.0795. The Kier molecular flexibility index (Phi) is 6.04. The molecule has 0 aliphatic rings. The van der Waals surface area contributed by atoms with E-state index in [1.54, 1.807) is 49.5 Å². The molecule has 0 aliphatic heterocycles. The normalized spacial score (nSPS) is 10.2. The SMILES string of the molecule is CN(C(=O)c1ccccc1NC(=O)Cc1ccccc1C(=O)O)c1ccccc1. The third-order valence-electron chi connectivity index (χ3n) is 4.48. The summed E-state index contributed by atoms with van der Waals surface area (Å²) in [7, 11) is 1.67. The number of hydrogen-bond acceptors (Lipinski definition) is 3. The van der Waals surface area contributed by atoms with Gasteiger partial charge in [0.15, 0.2) is 0 Å². The average molecular weight is 388 g/mol. The fraction of sp³-hybridized carbons (Fsp3) is 0.0870. The molecule has 0 saturated carbocycles. The van der Waals surface area contributed by atoms with E-state index in [1.165, 1.54) is 11.0 Å². The second kappa shape index (κ2) is 8.84. The Balaban J connectivity index is 1.80. The van der Waals surface area contributed by atoms with Gasteiger partial charge in [0, 0.05) is 12.7 Å². The van der Waals surface area contributed by atoms with Crippen molar-refractivity contribution < 1.29 is 19.5 Å². The van der Waals surface area contributed by atoms with Gasteiger partial charge in [-0.05, 0) is 35.9 Å². The second-order valence-corrected chi connectivity index (χ2v) is 6.43. The Morgan fingerprint density at radius 3 is 2.10 bits per heavy atom. The molecule has 0 heterocycles. The van der Waals surface area contributed by atoms with Crippen molar-refractivity contribution in [1.82, 2.24) is 0 Å². The number of carbonyl (C=O) groups is 3. The monoisotopic (exact) mass is 388 g/mol. The molecule has 0 radical (unpaired) electrons. The van der Waals surface area contributed by atoms with Crippen LogP contribution in [0.5, 0.6) is 0 Å². The summed E-state index contributed by atoms with van der Waals surface area (Å²) in [6.07, 6.45) is -0.112. The van der Waals surface area contributed by atoms with E-state index in [1.807, 2.05) is 30.3 Å². The molecular formula is C23H20N2O4. The number of para-hydroxylation sites is 2. The van der Waals surface area contributed by atoms with E-state index in [0.29, 0.717) is 16.8 Å². The number of nitrogens with one attached hydrogen (secondary N) is 1. The van der Waals surface area contributed by atoms with Gasteiger partial charge in [-0.2, -0.15) is 0 Å². The minimum Gasteiger partial charge on any atom is -0.478 e. The Morgan fingerprint density at radius 1 is 0.828 bits per heavy atom. The number of nitrogens with zero attached hydrogens (tertiary/aromatic N) is 1. The van der Waals surface area contributed by atoms with Crippen LogP contribution in [0.4, 0.5) is 11.4 Å². The molecule has 0 atom stereocenters. The first-order chi connectivity index (χ1) is 14.0. The molecule has 0 bridgehead atoms. The summed E-state index contributed by atoms with van der Waals surface area (Å²) >= 11 is 0. The quantitative estimate of drug-likeness (QED) is 0.672. The van der Waals surface area contributed by atoms with E-state index < -0.39 is 11.9 Å². The van der Waals surface area contributed by atoms with E-state index in [9.17, 15) is 19.5 Å². The van der Waals surface area contributed by atoms with Crippen LogP contribution in [-0.4, -0.2) is 29.9 Å². The summed E-state index contributed by atoms with van der Waals surface area (Å²) in [5.74, 6) is -1.76. The van der Waals surface area contributed by atoms with Crippen molar-refractivity contribution in [1.29, 1.82) is 0 Å². The van der Waals surface area contributed by atoms with Crippen LogP contribution in [0.3, 0.4) is 0 Å². The van der Waals surface area contributed by atoms with Crippen LogP contribution in [0, 0.1) is 0 Å². The lowest BCUT2D eigenvalue weighted by molar-refractivity contribution is -0.115. The number of benzene rings is 3. The van der Waals surface area contributed by atoms with Gasteiger partial charge in [-0.15, -0.1) is 0 Å². The molecule has 2 amide bonds. The van der Waals surface area contributed by atoms with Crippen molar-refractivity contribution >= 4 is 29.2 Å². The van der Waals surface area contributed by atoms with E-state index in [-0.39, 0.29) is 17.9 Å². The minimum atomic E-state index is -1.09. The fourth-order valence-electron chi connectivity index (χ4n) is 2.98. The summed E-state index contributed by atoms with van der Waals surface area (Å²) in [5, 5.41) is 12.0. The number of hydrogen-bond donors (Lipinski definition) is 2. The summed E-state index contributed by atoms with van der Waals surface area (Å²) in [5.41, 5.74) is 1.93. The number of amides is 2. The predicted molar refractivity (Wildman–Crippen MR) is 111 cm³/mol. The van der Waals surface area contributed by atoms with E-state index in [2.05, 4.69) is 5.32 Å². The predicted octanol–water partition coefficient (Wildman–Crippen LogP) is 3.84. The molecule has 0 unspecified atom stereocenters. The van der Waals surface area contributed by atoms with Gasteiger partial charge in [0.05, 0.1) is 23.2 Å². The van der Waals surface area contributed by atoms with Gasteiger partial charge < -0.3 is 15.3 Å². The summed E-state index contributed by atoms with van der Waals surface area (Å²) < 4.78 is 0. The van der Waals surface area contributed by atoms with Gasteiger partial charge in [-0.25, -0.2) is 4.79 Å². The molecule has 6 heteroatoms. The van der Waals surface area contributed by atoms with E-state index >= 15 is 0 Å². The van der Waals surface area contributed by atoms with Crippen molar-refractivity contribution in [2.24, 2.45) is 0 Å². The Hall–Kier alpha value is -3.93. The van der Waals surface area contributed by atoms with Crippen LogP contribution in [0.25, 0.3) is 0 Å². The molecule has 0 fully saturated rings. The first kappa shape index (κ1) is 19.8. The zero-order valence-corrected chi connectivity index (χ0v) is 15.8. The fourth-order valence-corrected chi connectivity index (χ4v) is 2.98. The Labute approximate surface area is 168 Å². The van der Waals surface area contributed by atoms with Crippen LogP contribution in [0.1, 0.15) is 26.3 Å². The zero-order valence-electron chi connectivity index (χ0n) is 15.8. The largest absolute Gasteiger partial charge is 0.478 e. The summed E-state index contributed by atoms with van der Waals surface area (Å²) in [4.78, 5) is 38.3. The van der Waals surface area contributed by atoms with Crippen LogP contribution in [0.15, 0.2) is 78.9 Å². The first-order valence-electron chi connectivity index (χ1n) is 9.00. The number of aromatic carboxylic acids is 1. The van der Waals surface area contributed by atoms with Gasteiger partial charge in [0.2, 0.25) is 5.91 Å². The molecule has 3 aromatic rings. The summed E-state index contributed by atoms with van der Waals surface area (Å²) in [6.45, 7) is 0. The van der Waals surface area contributed by atoms with Gasteiger partial charge in [-0.3, -0.25) is 9.59 Å². The third kappa shape index (κ3) is 4.68. The average Bonchev–Trinajstić information content (AvgIpc) is 2.74. The third-order valence-corrected chi connectivity index (χ3v) is 4.48. The van der Waals surface area contributed by atoms with Gasteiger partial charge in [-0.1, -0.05) is 48.5 Å². The summed E-state index contributed by atoms with van der Waals surface area (Å²) in [6, 6.07) is 22.3. The highest BCUT2D eigenvalue weighted by Crippen LogP contribution is 2.21. The Morgan fingerprint density at radius 2 is 1.41 bits per heavy atom. The van der Waals surface area contributed by atoms with Crippen molar-refractivity contribution in [3.05, 3.63) is 95.6 Å². The first-order valence-corrected chi connectivity index (χ1v) is 9.00. The molecule has 0 saturated heterocycles. The maximum absolute atomic E-state index is 12.9. The number of carboxylic acid groups (broad SMARTS) is 1. The Bertz CT molecular complexity index is 1050. The lowest BCUT2D eigenvalue weighted by atomic mass is 10.0. The van der Waals surface area contributed by atoms with Crippen LogP contribution < -0.4 is 10.2 Å². The number of carbonyl (C=O) groups excluding carboxylic acids is 2. The van der Waals surface area contributed by atoms with E-state index in [4.69, 9.17) is 0 Å². The lowest BCUT2D eigenvalue weighted by Crippen LogP contribution is -2.28.